The molecule has 104 valence electrons. The molecule has 20 heavy (non-hydrogen) atoms. The van der Waals surface area contributed by atoms with Gasteiger partial charge in [-0.25, -0.2) is 4.68 Å². The number of Topliss-reactive ketones (excluding diaryl/α,β-unsaturated/α-hetero) is 1. The van der Waals surface area contributed by atoms with Crippen LogP contribution >= 0.6 is 0 Å². The van der Waals surface area contributed by atoms with Crippen molar-refractivity contribution in [2.45, 2.75) is 33.2 Å². The summed E-state index contributed by atoms with van der Waals surface area (Å²) in [5.74, 6) is -0.250. The minimum atomic E-state index is -0.328. The Balaban J connectivity index is 2.56. The highest BCUT2D eigenvalue weighted by Crippen LogP contribution is 2.13. The smallest absolute Gasteiger partial charge is 0.277 e. The molecule has 0 saturated heterocycles. The predicted molar refractivity (Wildman–Crippen MR) is 76.6 cm³/mol. The fourth-order valence-corrected chi connectivity index (χ4v) is 1.89. The Morgan fingerprint density at radius 2 is 2.10 bits per heavy atom. The maximum absolute atomic E-state index is 12.2. The van der Waals surface area contributed by atoms with E-state index in [4.69, 9.17) is 0 Å². The van der Waals surface area contributed by atoms with Crippen molar-refractivity contribution < 1.29 is 4.79 Å². The zero-order chi connectivity index (χ0) is 14.5. The van der Waals surface area contributed by atoms with Gasteiger partial charge in [0.25, 0.3) is 5.56 Å². The van der Waals surface area contributed by atoms with Crippen LogP contribution < -0.4 is 5.56 Å². The number of hydrogen-bond donors (Lipinski definition) is 0. The van der Waals surface area contributed by atoms with E-state index in [9.17, 15) is 9.59 Å². The number of pyridine rings is 1. The van der Waals surface area contributed by atoms with Gasteiger partial charge >= 0.3 is 0 Å². The lowest BCUT2D eigenvalue weighted by molar-refractivity contribution is 0.101. The van der Waals surface area contributed by atoms with Crippen molar-refractivity contribution in [3.8, 4) is 11.4 Å². The lowest BCUT2D eigenvalue weighted by Gasteiger charge is -2.08. The van der Waals surface area contributed by atoms with Crippen LogP contribution in [0.4, 0.5) is 0 Å². The number of unbranched alkanes of at least 4 members (excludes halogenated alkanes) is 1. The fourth-order valence-electron chi connectivity index (χ4n) is 1.89. The highest BCUT2D eigenvalue weighted by molar-refractivity contribution is 5.94. The molecule has 2 aromatic heterocycles. The number of rotatable bonds is 5. The molecule has 0 saturated carbocycles. The lowest BCUT2D eigenvalue weighted by Crippen LogP contribution is -2.28. The zero-order valence-electron chi connectivity index (χ0n) is 11.7. The van der Waals surface area contributed by atoms with E-state index >= 15 is 0 Å². The molecular weight excluding hydrogens is 254 g/mol. The number of aromatic nitrogens is 3. The SMILES string of the molecule is CCCCn1nc(-c2ccccn2)cc(C(C)=O)c1=O. The molecule has 0 bridgehead atoms. The van der Waals surface area contributed by atoms with Crippen LogP contribution in [-0.4, -0.2) is 20.5 Å². The number of nitrogens with zero attached hydrogens (tertiary/aromatic N) is 3. The minimum absolute atomic E-state index is 0.164. The molecule has 0 radical (unpaired) electrons. The van der Waals surface area contributed by atoms with Gasteiger partial charge in [0, 0.05) is 12.7 Å². The molecule has 0 aliphatic rings. The Bertz CT molecular complexity index is 663. The molecular formula is C15H17N3O2. The van der Waals surface area contributed by atoms with Gasteiger partial charge in [-0.3, -0.25) is 14.6 Å². The maximum atomic E-state index is 12.2. The van der Waals surface area contributed by atoms with Crippen molar-refractivity contribution in [3.63, 3.8) is 0 Å². The molecule has 0 aliphatic heterocycles. The Hall–Kier alpha value is -2.30. The second-order valence-corrected chi connectivity index (χ2v) is 4.60. The number of carbonyl (C=O) groups is 1. The summed E-state index contributed by atoms with van der Waals surface area (Å²) < 4.78 is 1.37. The average molecular weight is 271 g/mol. The highest BCUT2D eigenvalue weighted by atomic mass is 16.1. The summed E-state index contributed by atoms with van der Waals surface area (Å²) in [6, 6.07) is 6.98. The van der Waals surface area contributed by atoms with E-state index in [1.165, 1.54) is 17.7 Å². The van der Waals surface area contributed by atoms with Gasteiger partial charge in [0.2, 0.25) is 0 Å². The standard InChI is InChI=1S/C15H17N3O2/c1-3-4-9-18-15(20)12(11(2)19)10-14(17-18)13-7-5-6-8-16-13/h5-8,10H,3-4,9H2,1-2H3. The van der Waals surface area contributed by atoms with Gasteiger partial charge in [0.05, 0.1) is 11.3 Å². The van der Waals surface area contributed by atoms with Crippen molar-refractivity contribution >= 4 is 5.78 Å². The molecule has 0 fully saturated rings. The lowest BCUT2D eigenvalue weighted by atomic mass is 10.1. The van der Waals surface area contributed by atoms with Crippen LogP contribution in [0.5, 0.6) is 0 Å². The van der Waals surface area contributed by atoms with Crippen molar-refractivity contribution in [2.75, 3.05) is 0 Å². The Labute approximate surface area is 117 Å². The van der Waals surface area contributed by atoms with Crippen LogP contribution in [-0.2, 0) is 6.54 Å². The highest BCUT2D eigenvalue weighted by Gasteiger charge is 2.13. The molecule has 0 spiro atoms. The summed E-state index contributed by atoms with van der Waals surface area (Å²) in [4.78, 5) is 28.0. The van der Waals surface area contributed by atoms with E-state index in [1.54, 1.807) is 12.3 Å². The molecule has 0 aliphatic carbocycles. The molecule has 2 aromatic rings. The first-order chi connectivity index (χ1) is 9.63. The molecule has 0 aromatic carbocycles. The van der Waals surface area contributed by atoms with Crippen molar-refractivity contribution in [3.05, 3.63) is 46.4 Å². The van der Waals surface area contributed by atoms with Gasteiger partial charge in [-0.05, 0) is 31.5 Å². The van der Waals surface area contributed by atoms with Gasteiger partial charge in [0.15, 0.2) is 5.78 Å². The molecule has 0 unspecified atom stereocenters. The maximum Gasteiger partial charge on any atom is 0.277 e. The van der Waals surface area contributed by atoms with Crippen molar-refractivity contribution in [2.24, 2.45) is 0 Å². The first kappa shape index (κ1) is 14.1. The van der Waals surface area contributed by atoms with Gasteiger partial charge in [0.1, 0.15) is 5.69 Å². The van der Waals surface area contributed by atoms with Crippen molar-refractivity contribution in [1.29, 1.82) is 0 Å². The van der Waals surface area contributed by atoms with Gasteiger partial charge in [-0.2, -0.15) is 5.10 Å². The van der Waals surface area contributed by atoms with Gasteiger partial charge in [-0.1, -0.05) is 19.4 Å². The molecule has 2 heterocycles. The van der Waals surface area contributed by atoms with Crippen LogP contribution in [0.15, 0.2) is 35.3 Å². The van der Waals surface area contributed by atoms with Crippen LogP contribution in [0.3, 0.4) is 0 Å². The van der Waals surface area contributed by atoms with Crippen LogP contribution in [0.1, 0.15) is 37.0 Å². The van der Waals surface area contributed by atoms with E-state index in [1.807, 2.05) is 19.1 Å². The molecule has 5 nitrogen and oxygen atoms in total. The first-order valence-electron chi connectivity index (χ1n) is 6.68. The van der Waals surface area contributed by atoms with Crippen LogP contribution in [0.2, 0.25) is 0 Å². The summed E-state index contributed by atoms with van der Waals surface area (Å²) in [5.41, 5.74) is 1.04. The van der Waals surface area contributed by atoms with E-state index in [0.717, 1.165) is 12.8 Å². The normalized spacial score (nSPS) is 10.5. The van der Waals surface area contributed by atoms with E-state index in [2.05, 4.69) is 10.1 Å². The summed E-state index contributed by atoms with van der Waals surface area (Å²) in [5, 5.41) is 4.31. The third-order valence-electron chi connectivity index (χ3n) is 3.00. The number of aryl methyl sites for hydroxylation is 1. The molecule has 2 rings (SSSR count). The van der Waals surface area contributed by atoms with Crippen molar-refractivity contribution in [1.82, 2.24) is 14.8 Å². The quantitative estimate of drug-likeness (QED) is 0.783. The Morgan fingerprint density at radius 1 is 1.30 bits per heavy atom. The number of ketones is 1. The van der Waals surface area contributed by atoms with E-state index in [0.29, 0.717) is 17.9 Å². The summed E-state index contributed by atoms with van der Waals surface area (Å²) in [6.07, 6.45) is 3.46. The molecule has 5 heteroatoms. The van der Waals surface area contributed by atoms with E-state index in [-0.39, 0.29) is 16.9 Å². The van der Waals surface area contributed by atoms with E-state index < -0.39 is 0 Å². The first-order valence-corrected chi connectivity index (χ1v) is 6.68. The average Bonchev–Trinajstić information content (AvgIpc) is 2.46. The van der Waals surface area contributed by atoms with Gasteiger partial charge < -0.3 is 0 Å². The molecule has 0 amide bonds. The minimum Gasteiger partial charge on any atom is -0.294 e. The second kappa shape index (κ2) is 6.23. The Kier molecular flexibility index (Phi) is 4.40. The second-order valence-electron chi connectivity index (χ2n) is 4.60. The zero-order valence-corrected chi connectivity index (χ0v) is 11.7. The number of hydrogen-bond acceptors (Lipinski definition) is 4. The fraction of sp³-hybridized carbons (Fsp3) is 0.333. The third-order valence-corrected chi connectivity index (χ3v) is 3.00. The summed E-state index contributed by atoms with van der Waals surface area (Å²) in [7, 11) is 0. The third kappa shape index (κ3) is 2.99. The van der Waals surface area contributed by atoms with Crippen LogP contribution in [0.25, 0.3) is 11.4 Å². The monoisotopic (exact) mass is 271 g/mol. The molecule has 0 atom stereocenters. The topological polar surface area (TPSA) is 64.8 Å². The van der Waals surface area contributed by atoms with Crippen LogP contribution in [0, 0.1) is 0 Å². The Morgan fingerprint density at radius 3 is 2.70 bits per heavy atom. The summed E-state index contributed by atoms with van der Waals surface area (Å²) >= 11 is 0. The predicted octanol–water partition coefficient (Wildman–Crippen LogP) is 2.31. The number of carbonyl (C=O) groups excluding carboxylic acids is 1. The summed E-state index contributed by atoms with van der Waals surface area (Å²) in [6.45, 7) is 3.94. The largest absolute Gasteiger partial charge is 0.294 e. The van der Waals surface area contributed by atoms with Gasteiger partial charge in [-0.15, -0.1) is 0 Å². The molecule has 0 N–H and O–H groups in total.